The maximum absolute atomic E-state index is 12.9. The van der Waals surface area contributed by atoms with Crippen molar-refractivity contribution in [1.29, 1.82) is 0 Å². The Hall–Kier alpha value is -3.39. The van der Waals surface area contributed by atoms with Crippen LogP contribution in [0.3, 0.4) is 0 Å². The molecule has 2 amide bonds. The number of hydrogen-bond acceptors (Lipinski definition) is 6. The monoisotopic (exact) mass is 475 g/mol. The van der Waals surface area contributed by atoms with Gasteiger partial charge in [-0.05, 0) is 66.0 Å². The molecular weight excluding hydrogens is 446 g/mol. The molecule has 0 radical (unpaired) electrons. The lowest BCUT2D eigenvalue weighted by Gasteiger charge is -2.39. The number of nitrogen functional groups attached to an aromatic ring is 1. The number of benzene rings is 1. The van der Waals surface area contributed by atoms with Gasteiger partial charge in [0.05, 0.1) is 16.9 Å². The second-order valence-electron chi connectivity index (χ2n) is 9.32. The lowest BCUT2D eigenvalue weighted by atomic mass is 9.78. The molecule has 5 rings (SSSR count). The first-order valence-electron chi connectivity index (χ1n) is 11.6. The molecule has 0 atom stereocenters. The van der Waals surface area contributed by atoms with Gasteiger partial charge in [-0.2, -0.15) is 0 Å². The second kappa shape index (κ2) is 9.10. The first-order valence-corrected chi connectivity index (χ1v) is 12.5. The molecule has 3 N–H and O–H groups in total. The van der Waals surface area contributed by atoms with E-state index < -0.39 is 0 Å². The van der Waals surface area contributed by atoms with Crippen molar-refractivity contribution in [3.05, 3.63) is 59.6 Å². The van der Waals surface area contributed by atoms with Crippen molar-refractivity contribution in [2.45, 2.75) is 26.2 Å². The Kier molecular flexibility index (Phi) is 6.00. The molecule has 0 unspecified atom stereocenters. The molecule has 0 bridgehead atoms. The summed E-state index contributed by atoms with van der Waals surface area (Å²) in [5.41, 5.74) is 8.99. The van der Waals surface area contributed by atoms with Gasteiger partial charge in [-0.15, -0.1) is 11.3 Å². The fourth-order valence-electron chi connectivity index (χ4n) is 4.98. The fourth-order valence-corrected chi connectivity index (χ4v) is 5.71. The summed E-state index contributed by atoms with van der Waals surface area (Å²) in [6.07, 6.45) is 4.83. The van der Waals surface area contributed by atoms with Crippen LogP contribution in [0.4, 0.5) is 17.2 Å². The standard InChI is InChI=1S/C26H29N5O2S/c1-18(32)31-13-10-26(17-31)8-11-30(12-9-26)24-7-5-20(16-28-24)25(33)29-22-15-19(4-6-21(22)27)23-3-2-14-34-23/h2-7,14-16H,8-13,17,27H2,1H3,(H,29,33). The van der Waals surface area contributed by atoms with E-state index in [1.807, 2.05) is 52.7 Å². The van der Waals surface area contributed by atoms with Crippen LogP contribution in [0.15, 0.2) is 54.0 Å². The third kappa shape index (κ3) is 4.50. The maximum Gasteiger partial charge on any atom is 0.257 e. The van der Waals surface area contributed by atoms with Gasteiger partial charge in [-0.1, -0.05) is 12.1 Å². The minimum Gasteiger partial charge on any atom is -0.397 e. The molecule has 2 aromatic heterocycles. The molecule has 4 heterocycles. The summed E-state index contributed by atoms with van der Waals surface area (Å²) in [7, 11) is 0. The largest absolute Gasteiger partial charge is 0.397 e. The quantitative estimate of drug-likeness (QED) is 0.543. The highest BCUT2D eigenvalue weighted by molar-refractivity contribution is 7.13. The van der Waals surface area contributed by atoms with Gasteiger partial charge in [0.1, 0.15) is 5.82 Å². The van der Waals surface area contributed by atoms with Gasteiger partial charge < -0.3 is 20.9 Å². The molecule has 0 aliphatic carbocycles. The fraction of sp³-hybridized carbons (Fsp3) is 0.346. The van der Waals surface area contributed by atoms with E-state index in [0.29, 0.717) is 16.9 Å². The SMILES string of the molecule is CC(=O)N1CCC2(CCN(c3ccc(C(=O)Nc4cc(-c5cccs5)ccc4N)cn3)CC2)C1. The Bertz CT molecular complexity index is 1180. The number of carbonyl (C=O) groups is 2. The molecule has 2 fully saturated rings. The van der Waals surface area contributed by atoms with Gasteiger partial charge in [0.15, 0.2) is 0 Å². The van der Waals surface area contributed by atoms with E-state index in [2.05, 4.69) is 15.2 Å². The smallest absolute Gasteiger partial charge is 0.257 e. The van der Waals surface area contributed by atoms with Crippen LogP contribution in [-0.4, -0.2) is 47.9 Å². The van der Waals surface area contributed by atoms with Crippen LogP contribution in [0.1, 0.15) is 36.5 Å². The molecule has 0 saturated carbocycles. The average Bonchev–Trinajstić information content (AvgIpc) is 3.52. The minimum atomic E-state index is -0.234. The molecule has 2 saturated heterocycles. The zero-order valence-corrected chi connectivity index (χ0v) is 20.1. The average molecular weight is 476 g/mol. The van der Waals surface area contributed by atoms with Crippen molar-refractivity contribution in [1.82, 2.24) is 9.88 Å². The normalized spacial score (nSPS) is 17.2. The molecule has 1 spiro atoms. The number of amides is 2. The molecule has 3 aromatic rings. The Labute approximate surface area is 203 Å². The van der Waals surface area contributed by atoms with E-state index >= 15 is 0 Å². The van der Waals surface area contributed by atoms with Gasteiger partial charge in [-0.25, -0.2) is 4.98 Å². The van der Waals surface area contributed by atoms with Crippen LogP contribution in [0.2, 0.25) is 0 Å². The Balaban J connectivity index is 1.22. The number of nitrogens with two attached hydrogens (primary N) is 1. The highest BCUT2D eigenvalue weighted by Crippen LogP contribution is 2.41. The number of thiophene rings is 1. The number of hydrogen-bond donors (Lipinski definition) is 2. The van der Waals surface area contributed by atoms with E-state index in [1.165, 1.54) is 0 Å². The van der Waals surface area contributed by atoms with Crippen molar-refractivity contribution in [3.8, 4) is 10.4 Å². The first-order chi connectivity index (χ1) is 16.4. The zero-order chi connectivity index (χ0) is 23.7. The molecule has 34 heavy (non-hydrogen) atoms. The van der Waals surface area contributed by atoms with E-state index in [0.717, 1.165) is 61.7 Å². The topological polar surface area (TPSA) is 91.6 Å². The molecule has 7 nitrogen and oxygen atoms in total. The van der Waals surface area contributed by atoms with Gasteiger partial charge in [0, 0.05) is 44.2 Å². The van der Waals surface area contributed by atoms with Gasteiger partial charge in [0.25, 0.3) is 5.91 Å². The molecule has 8 heteroatoms. The number of pyridine rings is 1. The summed E-state index contributed by atoms with van der Waals surface area (Å²) in [5, 5.41) is 4.95. The molecule has 2 aliphatic heterocycles. The third-order valence-corrected chi connectivity index (χ3v) is 8.07. The Morgan fingerprint density at radius 1 is 1.09 bits per heavy atom. The number of piperidine rings is 1. The summed E-state index contributed by atoms with van der Waals surface area (Å²) in [5.74, 6) is 0.823. The molecule has 176 valence electrons. The predicted octanol–water partition coefficient (Wildman–Crippen LogP) is 4.48. The minimum absolute atomic E-state index is 0.176. The van der Waals surface area contributed by atoms with Gasteiger partial charge in [0.2, 0.25) is 5.91 Å². The van der Waals surface area contributed by atoms with Crippen molar-refractivity contribution < 1.29 is 9.59 Å². The van der Waals surface area contributed by atoms with E-state index in [4.69, 9.17) is 5.73 Å². The predicted molar refractivity (Wildman–Crippen MR) is 137 cm³/mol. The number of anilines is 3. The number of aromatic nitrogens is 1. The van der Waals surface area contributed by atoms with Crippen LogP contribution in [0, 0.1) is 5.41 Å². The number of nitrogens with zero attached hydrogens (tertiary/aromatic N) is 3. The van der Waals surface area contributed by atoms with E-state index in [9.17, 15) is 9.59 Å². The highest BCUT2D eigenvalue weighted by atomic mass is 32.1. The molecule has 1 aromatic carbocycles. The molecule has 2 aliphatic rings. The van der Waals surface area contributed by atoms with Crippen LogP contribution < -0.4 is 16.0 Å². The van der Waals surface area contributed by atoms with Crippen LogP contribution >= 0.6 is 11.3 Å². The lowest BCUT2D eigenvalue weighted by Crippen LogP contribution is -2.42. The molecular formula is C26H29N5O2S. The third-order valence-electron chi connectivity index (χ3n) is 7.15. The van der Waals surface area contributed by atoms with Crippen molar-refractivity contribution in [2.24, 2.45) is 5.41 Å². The van der Waals surface area contributed by atoms with Gasteiger partial charge >= 0.3 is 0 Å². The summed E-state index contributed by atoms with van der Waals surface area (Å²) < 4.78 is 0. The second-order valence-corrected chi connectivity index (χ2v) is 10.3. The van der Waals surface area contributed by atoms with E-state index in [1.54, 1.807) is 24.5 Å². The van der Waals surface area contributed by atoms with Crippen LogP contribution in [-0.2, 0) is 4.79 Å². The number of carbonyl (C=O) groups excluding carboxylic acids is 2. The van der Waals surface area contributed by atoms with Crippen molar-refractivity contribution in [3.63, 3.8) is 0 Å². The zero-order valence-electron chi connectivity index (χ0n) is 19.3. The van der Waals surface area contributed by atoms with E-state index in [-0.39, 0.29) is 17.2 Å². The van der Waals surface area contributed by atoms with Crippen LogP contribution in [0.25, 0.3) is 10.4 Å². The van der Waals surface area contributed by atoms with Gasteiger partial charge in [-0.3, -0.25) is 9.59 Å². The van der Waals surface area contributed by atoms with Crippen molar-refractivity contribution in [2.75, 3.05) is 42.1 Å². The lowest BCUT2D eigenvalue weighted by molar-refractivity contribution is -0.128. The number of likely N-dealkylation sites (tertiary alicyclic amines) is 1. The maximum atomic E-state index is 12.9. The number of nitrogens with one attached hydrogen (secondary N) is 1. The summed E-state index contributed by atoms with van der Waals surface area (Å²) in [6.45, 7) is 5.23. The van der Waals surface area contributed by atoms with Crippen LogP contribution in [0.5, 0.6) is 0 Å². The van der Waals surface area contributed by atoms with Crippen molar-refractivity contribution >= 4 is 40.3 Å². The summed E-state index contributed by atoms with van der Waals surface area (Å²) in [6, 6.07) is 13.4. The Morgan fingerprint density at radius 2 is 1.88 bits per heavy atom. The summed E-state index contributed by atoms with van der Waals surface area (Å²) >= 11 is 1.64. The number of rotatable bonds is 4. The highest BCUT2D eigenvalue weighted by Gasteiger charge is 2.41. The first kappa shape index (κ1) is 22.4. The summed E-state index contributed by atoms with van der Waals surface area (Å²) in [4.78, 5) is 34.5. The Morgan fingerprint density at radius 3 is 2.53 bits per heavy atom.